The summed E-state index contributed by atoms with van der Waals surface area (Å²) in [5, 5.41) is 29.1. The Balaban J connectivity index is 3.15. The van der Waals surface area contributed by atoms with Gasteiger partial charge in [-0.2, -0.15) is 15.8 Å². The minimum Gasteiger partial charge on any atom is -0.344 e. The molecule has 5 heteroatoms. The minimum absolute atomic E-state index is 0.0310. The van der Waals surface area contributed by atoms with Gasteiger partial charge in [0.15, 0.2) is 5.57 Å². The number of nitrogens with zero attached hydrogens (tertiary/aromatic N) is 3. The Bertz CT molecular complexity index is 553. The molecule has 4 nitrogen and oxygen atoms in total. The van der Waals surface area contributed by atoms with Crippen molar-refractivity contribution in [2.24, 2.45) is 0 Å². The molecule has 0 atom stereocenters. The lowest BCUT2D eigenvalue weighted by molar-refractivity contribution is 1.33. The summed E-state index contributed by atoms with van der Waals surface area (Å²) in [5.74, 6) is 0. The van der Waals surface area contributed by atoms with Crippen LogP contribution in [0.5, 0.6) is 0 Å². The SMILES string of the molecule is CSc1ccccc1NC(C#N)=C(C#N)C#N. The van der Waals surface area contributed by atoms with Crippen molar-refractivity contribution in [3.8, 4) is 18.2 Å². The first kappa shape index (κ1) is 12.6. The molecular formula is C12H8N4S. The second kappa shape index (κ2) is 6.23. The molecule has 0 saturated heterocycles. The van der Waals surface area contributed by atoms with E-state index in [1.165, 1.54) is 11.8 Å². The van der Waals surface area contributed by atoms with Crippen molar-refractivity contribution in [1.29, 1.82) is 15.8 Å². The molecule has 0 radical (unpaired) electrons. The lowest BCUT2D eigenvalue weighted by Crippen LogP contribution is -2.01. The van der Waals surface area contributed by atoms with Gasteiger partial charge in [-0.05, 0) is 18.4 Å². The van der Waals surface area contributed by atoms with E-state index < -0.39 is 0 Å². The second-order valence-electron chi connectivity index (χ2n) is 2.91. The van der Waals surface area contributed by atoms with Gasteiger partial charge in [-0.25, -0.2) is 0 Å². The Morgan fingerprint density at radius 2 is 1.76 bits per heavy atom. The van der Waals surface area contributed by atoms with E-state index in [1.54, 1.807) is 18.2 Å². The molecule has 0 fully saturated rings. The molecule has 0 unspecified atom stereocenters. The van der Waals surface area contributed by atoms with Crippen molar-refractivity contribution in [3.05, 3.63) is 35.5 Å². The Kier molecular flexibility index (Phi) is 4.63. The Morgan fingerprint density at radius 3 is 2.29 bits per heavy atom. The van der Waals surface area contributed by atoms with Crippen LogP contribution >= 0.6 is 11.8 Å². The molecule has 17 heavy (non-hydrogen) atoms. The normalized spacial score (nSPS) is 8.35. The molecule has 0 heterocycles. The molecular weight excluding hydrogens is 232 g/mol. The summed E-state index contributed by atoms with van der Waals surface area (Å²) in [6.07, 6.45) is 1.91. The van der Waals surface area contributed by atoms with Gasteiger partial charge < -0.3 is 5.32 Å². The fraction of sp³-hybridized carbons (Fsp3) is 0.0833. The standard InChI is InChI=1S/C12H8N4S/c1-17-12-5-3-2-4-10(12)16-11(8-15)9(6-13)7-14/h2-5,16H,1H3. The number of benzene rings is 1. The first-order chi connectivity index (χ1) is 8.26. The summed E-state index contributed by atoms with van der Waals surface area (Å²) in [6, 6.07) is 12.6. The number of nitriles is 3. The zero-order valence-corrected chi connectivity index (χ0v) is 9.88. The lowest BCUT2D eigenvalue weighted by Gasteiger charge is -2.08. The number of hydrogen-bond acceptors (Lipinski definition) is 5. The van der Waals surface area contributed by atoms with Crippen LogP contribution in [0.3, 0.4) is 0 Å². The van der Waals surface area contributed by atoms with Crippen molar-refractivity contribution in [3.63, 3.8) is 0 Å². The van der Waals surface area contributed by atoms with Crippen LogP contribution in [0.25, 0.3) is 0 Å². The molecule has 0 bridgehead atoms. The molecule has 0 saturated carbocycles. The summed E-state index contributed by atoms with van der Waals surface area (Å²) < 4.78 is 0. The third kappa shape index (κ3) is 3.01. The van der Waals surface area contributed by atoms with Crippen molar-refractivity contribution in [2.45, 2.75) is 4.90 Å². The number of rotatable bonds is 3. The highest BCUT2D eigenvalue weighted by Gasteiger charge is 2.08. The smallest absolute Gasteiger partial charge is 0.163 e. The van der Waals surface area contributed by atoms with Crippen LogP contribution in [0.4, 0.5) is 5.69 Å². The molecule has 0 aliphatic rings. The summed E-state index contributed by atoms with van der Waals surface area (Å²) in [4.78, 5) is 0.940. The van der Waals surface area contributed by atoms with E-state index in [2.05, 4.69) is 5.32 Å². The van der Waals surface area contributed by atoms with Gasteiger partial charge in [-0.1, -0.05) is 12.1 Å². The van der Waals surface area contributed by atoms with E-state index in [0.717, 1.165) is 4.90 Å². The Labute approximate surface area is 104 Å². The number of hydrogen-bond donors (Lipinski definition) is 1. The van der Waals surface area contributed by atoms with Gasteiger partial charge in [0.1, 0.15) is 23.9 Å². The first-order valence-electron chi connectivity index (χ1n) is 4.61. The summed E-state index contributed by atoms with van der Waals surface area (Å²) in [5.41, 5.74) is 0.458. The van der Waals surface area contributed by atoms with Crippen LogP contribution in [0.15, 0.2) is 40.4 Å². The molecule has 1 N–H and O–H groups in total. The first-order valence-corrected chi connectivity index (χ1v) is 5.84. The second-order valence-corrected chi connectivity index (χ2v) is 3.76. The molecule has 82 valence electrons. The van der Waals surface area contributed by atoms with Crippen molar-refractivity contribution in [2.75, 3.05) is 11.6 Å². The largest absolute Gasteiger partial charge is 0.344 e. The van der Waals surface area contributed by atoms with Crippen LogP contribution in [0.2, 0.25) is 0 Å². The number of thioether (sulfide) groups is 1. The fourth-order valence-corrected chi connectivity index (χ4v) is 1.72. The van der Waals surface area contributed by atoms with Gasteiger partial charge in [0.25, 0.3) is 0 Å². The lowest BCUT2D eigenvalue weighted by atomic mass is 10.2. The summed E-state index contributed by atoms with van der Waals surface area (Å²) >= 11 is 1.51. The third-order valence-electron chi connectivity index (χ3n) is 1.95. The molecule has 0 aliphatic carbocycles. The average Bonchev–Trinajstić information content (AvgIpc) is 2.39. The molecule has 1 aromatic carbocycles. The van der Waals surface area contributed by atoms with Gasteiger partial charge in [0, 0.05) is 4.90 Å². The number of para-hydroxylation sites is 1. The number of allylic oxidation sites excluding steroid dienone is 2. The quantitative estimate of drug-likeness (QED) is 0.648. The summed E-state index contributed by atoms with van der Waals surface area (Å²) in [6.45, 7) is 0. The van der Waals surface area contributed by atoms with E-state index in [9.17, 15) is 0 Å². The Hall–Kier alpha value is -2.42. The fourth-order valence-electron chi connectivity index (χ4n) is 1.17. The van der Waals surface area contributed by atoms with Crippen LogP contribution in [-0.4, -0.2) is 6.26 Å². The maximum atomic E-state index is 8.90. The minimum atomic E-state index is -0.219. The highest BCUT2D eigenvalue weighted by molar-refractivity contribution is 7.98. The zero-order chi connectivity index (χ0) is 12.7. The topological polar surface area (TPSA) is 83.4 Å². The predicted octanol–water partition coefficient (Wildman–Crippen LogP) is 2.65. The van der Waals surface area contributed by atoms with E-state index in [1.807, 2.05) is 30.5 Å². The van der Waals surface area contributed by atoms with Gasteiger partial charge in [-0.3, -0.25) is 0 Å². The maximum Gasteiger partial charge on any atom is 0.163 e. The monoisotopic (exact) mass is 240 g/mol. The average molecular weight is 240 g/mol. The number of anilines is 1. The van der Waals surface area contributed by atoms with Gasteiger partial charge >= 0.3 is 0 Å². The van der Waals surface area contributed by atoms with Crippen molar-refractivity contribution in [1.82, 2.24) is 0 Å². The van der Waals surface area contributed by atoms with Crippen LogP contribution in [0.1, 0.15) is 0 Å². The number of nitrogens with one attached hydrogen (secondary N) is 1. The molecule has 0 amide bonds. The molecule has 0 aliphatic heterocycles. The van der Waals surface area contributed by atoms with E-state index in [-0.39, 0.29) is 11.3 Å². The van der Waals surface area contributed by atoms with Crippen LogP contribution in [0, 0.1) is 34.0 Å². The van der Waals surface area contributed by atoms with Crippen LogP contribution in [-0.2, 0) is 0 Å². The Morgan fingerprint density at radius 1 is 1.12 bits per heavy atom. The molecule has 0 spiro atoms. The zero-order valence-electron chi connectivity index (χ0n) is 9.06. The highest BCUT2D eigenvalue weighted by Crippen LogP contribution is 2.26. The molecule has 0 aromatic heterocycles. The van der Waals surface area contributed by atoms with Gasteiger partial charge in [0.2, 0.25) is 0 Å². The van der Waals surface area contributed by atoms with E-state index in [4.69, 9.17) is 15.8 Å². The third-order valence-corrected chi connectivity index (χ3v) is 2.75. The maximum absolute atomic E-state index is 8.90. The highest BCUT2D eigenvalue weighted by atomic mass is 32.2. The van der Waals surface area contributed by atoms with Crippen LogP contribution < -0.4 is 5.32 Å². The van der Waals surface area contributed by atoms with Gasteiger partial charge in [0.05, 0.1) is 5.69 Å². The van der Waals surface area contributed by atoms with E-state index >= 15 is 0 Å². The summed E-state index contributed by atoms with van der Waals surface area (Å²) in [7, 11) is 0. The van der Waals surface area contributed by atoms with Gasteiger partial charge in [-0.15, -0.1) is 11.8 Å². The molecule has 1 aromatic rings. The predicted molar refractivity (Wildman–Crippen MR) is 65.7 cm³/mol. The van der Waals surface area contributed by atoms with E-state index in [0.29, 0.717) is 5.69 Å². The van der Waals surface area contributed by atoms with Crippen molar-refractivity contribution < 1.29 is 0 Å². The molecule has 1 rings (SSSR count). The van der Waals surface area contributed by atoms with Crippen molar-refractivity contribution >= 4 is 17.4 Å².